The lowest BCUT2D eigenvalue weighted by molar-refractivity contribution is -0.163. The number of hydrogen-bond acceptors (Lipinski definition) is 4. The third kappa shape index (κ3) is 11.1. The number of aliphatic hydroxyl groups is 1. The highest BCUT2D eigenvalue weighted by molar-refractivity contribution is 5.78. The molecule has 1 amide bonds. The SMILES string of the molecule is CC(C)CCC(O)CC(CCCOC1CCCCO1)C(=O)NCC(C)C. The molecule has 3 atom stereocenters. The molecule has 0 radical (unpaired) electrons. The summed E-state index contributed by atoms with van der Waals surface area (Å²) in [6.07, 6.45) is 6.61. The summed E-state index contributed by atoms with van der Waals surface area (Å²) in [6.45, 7) is 10.6. The van der Waals surface area contributed by atoms with Crippen LogP contribution in [0.1, 0.15) is 79.1 Å². The predicted octanol–water partition coefficient (Wildman–Crippen LogP) is 3.89. The van der Waals surface area contributed by atoms with Crippen molar-refractivity contribution in [1.82, 2.24) is 5.32 Å². The summed E-state index contributed by atoms with van der Waals surface area (Å²) >= 11 is 0. The maximum atomic E-state index is 12.5. The van der Waals surface area contributed by atoms with Gasteiger partial charge in [-0.3, -0.25) is 4.79 Å². The van der Waals surface area contributed by atoms with E-state index in [1.54, 1.807) is 0 Å². The van der Waals surface area contributed by atoms with Crippen molar-refractivity contribution >= 4 is 5.91 Å². The molecule has 1 heterocycles. The molecule has 1 rings (SSSR count). The minimum Gasteiger partial charge on any atom is -0.393 e. The molecule has 0 aliphatic carbocycles. The predicted molar refractivity (Wildman–Crippen MR) is 105 cm³/mol. The van der Waals surface area contributed by atoms with Gasteiger partial charge in [-0.1, -0.05) is 27.7 Å². The summed E-state index contributed by atoms with van der Waals surface area (Å²) in [4.78, 5) is 12.5. The Balaban J connectivity index is 2.38. The second-order valence-electron chi connectivity index (χ2n) is 8.51. The zero-order chi connectivity index (χ0) is 19.4. The van der Waals surface area contributed by atoms with Gasteiger partial charge in [0.15, 0.2) is 6.29 Å². The number of ether oxygens (including phenoxy) is 2. The Morgan fingerprint density at radius 3 is 2.54 bits per heavy atom. The molecular weight excluding hydrogens is 330 g/mol. The normalized spacial score (nSPS) is 20.3. The molecule has 1 fully saturated rings. The standard InChI is InChI=1S/C21H41NO4/c1-16(2)10-11-19(23)14-18(21(24)22-15-17(3)4)8-7-13-26-20-9-5-6-12-25-20/h16-20,23H,5-15H2,1-4H3,(H,22,24). The van der Waals surface area contributed by atoms with Gasteiger partial charge in [0.25, 0.3) is 0 Å². The minimum absolute atomic E-state index is 0.0659. The number of aliphatic hydroxyl groups excluding tert-OH is 1. The minimum atomic E-state index is -0.408. The zero-order valence-electron chi connectivity index (χ0n) is 17.3. The third-order valence-corrected chi connectivity index (χ3v) is 4.83. The van der Waals surface area contributed by atoms with Crippen molar-refractivity contribution in [2.75, 3.05) is 19.8 Å². The molecule has 26 heavy (non-hydrogen) atoms. The second kappa shape index (κ2) is 13.5. The number of rotatable bonds is 13. The first-order chi connectivity index (χ1) is 12.4. The van der Waals surface area contributed by atoms with Crippen LogP contribution in [-0.2, 0) is 14.3 Å². The monoisotopic (exact) mass is 371 g/mol. The molecule has 0 saturated carbocycles. The van der Waals surface area contributed by atoms with E-state index in [0.717, 1.165) is 51.6 Å². The summed E-state index contributed by atoms with van der Waals surface area (Å²) in [7, 11) is 0. The van der Waals surface area contributed by atoms with Crippen LogP contribution in [0.15, 0.2) is 0 Å². The second-order valence-corrected chi connectivity index (χ2v) is 8.51. The molecule has 5 nitrogen and oxygen atoms in total. The van der Waals surface area contributed by atoms with E-state index in [2.05, 4.69) is 33.0 Å². The Morgan fingerprint density at radius 1 is 1.15 bits per heavy atom. The molecule has 0 spiro atoms. The number of carbonyl (C=O) groups excluding carboxylic acids is 1. The number of amides is 1. The highest BCUT2D eigenvalue weighted by atomic mass is 16.7. The van der Waals surface area contributed by atoms with Gasteiger partial charge in [-0.15, -0.1) is 0 Å². The molecule has 1 saturated heterocycles. The molecule has 0 aromatic heterocycles. The Bertz CT molecular complexity index is 367. The van der Waals surface area contributed by atoms with E-state index in [1.165, 1.54) is 0 Å². The van der Waals surface area contributed by atoms with Gasteiger partial charge < -0.3 is 19.9 Å². The van der Waals surface area contributed by atoms with Gasteiger partial charge in [0.2, 0.25) is 5.91 Å². The van der Waals surface area contributed by atoms with Gasteiger partial charge in [-0.25, -0.2) is 0 Å². The lowest BCUT2D eigenvalue weighted by atomic mass is 9.92. The first kappa shape index (κ1) is 23.4. The van der Waals surface area contributed by atoms with Gasteiger partial charge in [0, 0.05) is 25.7 Å². The molecule has 154 valence electrons. The van der Waals surface area contributed by atoms with Gasteiger partial charge in [-0.2, -0.15) is 0 Å². The van der Waals surface area contributed by atoms with Crippen LogP contribution < -0.4 is 5.32 Å². The average molecular weight is 372 g/mol. The van der Waals surface area contributed by atoms with Crippen molar-refractivity contribution in [2.24, 2.45) is 17.8 Å². The molecule has 0 aromatic rings. The highest BCUT2D eigenvalue weighted by Gasteiger charge is 2.22. The van der Waals surface area contributed by atoms with Gasteiger partial charge in [0.1, 0.15) is 0 Å². The summed E-state index contributed by atoms with van der Waals surface area (Å²) < 4.78 is 11.4. The maximum absolute atomic E-state index is 12.5. The van der Waals surface area contributed by atoms with E-state index in [1.807, 2.05) is 0 Å². The highest BCUT2D eigenvalue weighted by Crippen LogP contribution is 2.20. The van der Waals surface area contributed by atoms with Crippen molar-refractivity contribution in [2.45, 2.75) is 91.5 Å². The molecule has 1 aliphatic heterocycles. The van der Waals surface area contributed by atoms with Gasteiger partial charge >= 0.3 is 0 Å². The average Bonchev–Trinajstić information content (AvgIpc) is 2.61. The van der Waals surface area contributed by atoms with Crippen LogP contribution in [0.5, 0.6) is 0 Å². The van der Waals surface area contributed by atoms with Crippen molar-refractivity contribution in [3.8, 4) is 0 Å². The van der Waals surface area contributed by atoms with Gasteiger partial charge in [0.05, 0.1) is 6.10 Å². The molecule has 5 heteroatoms. The summed E-state index contributed by atoms with van der Waals surface area (Å²) in [5.41, 5.74) is 0. The molecule has 1 aliphatic rings. The lowest BCUT2D eigenvalue weighted by Crippen LogP contribution is -2.35. The van der Waals surface area contributed by atoms with Crippen molar-refractivity contribution in [3.63, 3.8) is 0 Å². The van der Waals surface area contributed by atoms with E-state index in [4.69, 9.17) is 9.47 Å². The topological polar surface area (TPSA) is 67.8 Å². The van der Waals surface area contributed by atoms with E-state index in [0.29, 0.717) is 31.4 Å². The summed E-state index contributed by atoms with van der Waals surface area (Å²) in [5.74, 6) is 0.919. The van der Waals surface area contributed by atoms with Crippen LogP contribution in [0.25, 0.3) is 0 Å². The maximum Gasteiger partial charge on any atom is 0.223 e. The van der Waals surface area contributed by atoms with Crippen LogP contribution in [0, 0.1) is 17.8 Å². The number of nitrogens with one attached hydrogen (secondary N) is 1. The molecule has 0 bridgehead atoms. The Labute approximate surface area is 160 Å². The van der Waals surface area contributed by atoms with Crippen molar-refractivity contribution in [1.29, 1.82) is 0 Å². The first-order valence-electron chi connectivity index (χ1n) is 10.6. The van der Waals surface area contributed by atoms with Crippen molar-refractivity contribution in [3.05, 3.63) is 0 Å². The Hall–Kier alpha value is -0.650. The van der Waals surface area contributed by atoms with Crippen LogP contribution in [0.4, 0.5) is 0 Å². The fourth-order valence-electron chi connectivity index (χ4n) is 3.16. The van der Waals surface area contributed by atoms with Crippen molar-refractivity contribution < 1.29 is 19.4 Å². The zero-order valence-corrected chi connectivity index (χ0v) is 17.3. The molecule has 0 aromatic carbocycles. The fourth-order valence-corrected chi connectivity index (χ4v) is 3.16. The lowest BCUT2D eigenvalue weighted by Gasteiger charge is -2.24. The first-order valence-corrected chi connectivity index (χ1v) is 10.6. The van der Waals surface area contributed by atoms with E-state index >= 15 is 0 Å². The summed E-state index contributed by atoms with van der Waals surface area (Å²) in [5, 5.41) is 13.4. The Morgan fingerprint density at radius 2 is 1.92 bits per heavy atom. The molecule has 3 unspecified atom stereocenters. The Kier molecular flexibility index (Phi) is 12.2. The third-order valence-electron chi connectivity index (χ3n) is 4.83. The van der Waals surface area contributed by atoms with Crippen LogP contribution in [0.3, 0.4) is 0 Å². The smallest absolute Gasteiger partial charge is 0.223 e. The molecular formula is C21H41NO4. The van der Waals surface area contributed by atoms with E-state index < -0.39 is 6.10 Å². The number of carbonyl (C=O) groups is 1. The van der Waals surface area contributed by atoms with Gasteiger partial charge in [-0.05, 0) is 63.2 Å². The van der Waals surface area contributed by atoms with Crippen LogP contribution >= 0.6 is 0 Å². The fraction of sp³-hybridized carbons (Fsp3) is 0.952. The largest absolute Gasteiger partial charge is 0.393 e. The van der Waals surface area contributed by atoms with Crippen LogP contribution in [0.2, 0.25) is 0 Å². The van der Waals surface area contributed by atoms with E-state index in [-0.39, 0.29) is 18.1 Å². The van der Waals surface area contributed by atoms with Crippen LogP contribution in [-0.4, -0.2) is 43.2 Å². The molecule has 2 N–H and O–H groups in total. The van der Waals surface area contributed by atoms with E-state index in [9.17, 15) is 9.90 Å². The summed E-state index contributed by atoms with van der Waals surface area (Å²) in [6, 6.07) is 0. The quantitative estimate of drug-likeness (QED) is 0.482. The number of hydrogen-bond donors (Lipinski definition) is 2.